The minimum Gasteiger partial charge on any atom is -0.447 e. The van der Waals surface area contributed by atoms with E-state index in [2.05, 4.69) is 41.9 Å². The van der Waals surface area contributed by atoms with E-state index < -0.39 is 6.09 Å². The Morgan fingerprint density at radius 2 is 1.74 bits per heavy atom. The number of amides is 2. The Hall–Kier alpha value is -3.87. The van der Waals surface area contributed by atoms with Gasteiger partial charge in [0.05, 0.1) is 5.56 Å². The fourth-order valence-electron chi connectivity index (χ4n) is 4.74. The highest BCUT2D eigenvalue weighted by Gasteiger charge is 2.36. The number of ether oxygens (including phenoxy) is 1. The summed E-state index contributed by atoms with van der Waals surface area (Å²) in [6, 6.07) is 19.5. The molecule has 3 aromatic rings. The first-order valence-corrected chi connectivity index (χ1v) is 11.6. The van der Waals surface area contributed by atoms with Gasteiger partial charge in [-0.15, -0.1) is 0 Å². The van der Waals surface area contributed by atoms with Gasteiger partial charge in [0.1, 0.15) is 18.5 Å². The number of benzene rings is 2. The number of piperazine rings is 1. The number of hydrogen-bond acceptors (Lipinski definition) is 5. The molecule has 174 valence electrons. The zero-order valence-corrected chi connectivity index (χ0v) is 19.5. The molecular formula is C27H28N4O3. The molecule has 0 aliphatic carbocycles. The second-order valence-electron chi connectivity index (χ2n) is 8.85. The van der Waals surface area contributed by atoms with Gasteiger partial charge in [-0.05, 0) is 43.2 Å². The molecule has 2 aliphatic rings. The van der Waals surface area contributed by atoms with Crippen molar-refractivity contribution < 1.29 is 14.3 Å². The van der Waals surface area contributed by atoms with Crippen LogP contribution in [0.25, 0.3) is 0 Å². The maximum atomic E-state index is 13.1. The summed E-state index contributed by atoms with van der Waals surface area (Å²) in [4.78, 5) is 35.7. The molecule has 0 spiro atoms. The van der Waals surface area contributed by atoms with Gasteiger partial charge in [-0.25, -0.2) is 9.78 Å². The summed E-state index contributed by atoms with van der Waals surface area (Å²) in [5.41, 5.74) is 5.25. The summed E-state index contributed by atoms with van der Waals surface area (Å²) >= 11 is 0. The van der Waals surface area contributed by atoms with E-state index in [0.29, 0.717) is 24.5 Å². The summed E-state index contributed by atoms with van der Waals surface area (Å²) < 4.78 is 5.29. The largest absolute Gasteiger partial charge is 0.447 e. The predicted octanol–water partition coefficient (Wildman–Crippen LogP) is 4.36. The van der Waals surface area contributed by atoms with Crippen molar-refractivity contribution in [3.8, 4) is 0 Å². The van der Waals surface area contributed by atoms with Crippen molar-refractivity contribution in [1.82, 2.24) is 9.88 Å². The topological polar surface area (TPSA) is 66.0 Å². The van der Waals surface area contributed by atoms with E-state index >= 15 is 0 Å². The van der Waals surface area contributed by atoms with E-state index in [0.717, 1.165) is 18.7 Å². The summed E-state index contributed by atoms with van der Waals surface area (Å²) in [7, 11) is 0. The molecule has 2 amide bonds. The molecule has 1 aromatic heterocycles. The minimum atomic E-state index is -0.428. The van der Waals surface area contributed by atoms with E-state index in [1.807, 2.05) is 35.2 Å². The molecule has 7 heteroatoms. The third-order valence-corrected chi connectivity index (χ3v) is 6.56. The van der Waals surface area contributed by atoms with Crippen LogP contribution in [0.15, 0.2) is 66.9 Å². The molecule has 0 saturated carbocycles. The van der Waals surface area contributed by atoms with Gasteiger partial charge >= 0.3 is 6.09 Å². The van der Waals surface area contributed by atoms with Crippen molar-refractivity contribution in [3.63, 3.8) is 0 Å². The molecule has 0 unspecified atom stereocenters. The second-order valence-corrected chi connectivity index (χ2v) is 8.85. The lowest BCUT2D eigenvalue weighted by Gasteiger charge is -2.37. The first-order valence-electron chi connectivity index (χ1n) is 11.6. The maximum Gasteiger partial charge on any atom is 0.416 e. The molecule has 0 bridgehead atoms. The fraction of sp³-hybridized carbons (Fsp3) is 0.296. The molecule has 5 rings (SSSR count). The Morgan fingerprint density at radius 3 is 2.41 bits per heavy atom. The molecule has 0 N–H and O–H groups in total. The Labute approximate surface area is 199 Å². The van der Waals surface area contributed by atoms with Crippen LogP contribution in [0, 0.1) is 13.8 Å². The van der Waals surface area contributed by atoms with Crippen molar-refractivity contribution in [2.75, 3.05) is 42.6 Å². The lowest BCUT2D eigenvalue weighted by Crippen LogP contribution is -2.49. The number of anilines is 2. The van der Waals surface area contributed by atoms with Crippen LogP contribution in [0.2, 0.25) is 0 Å². The number of hydrogen-bond donors (Lipinski definition) is 0. The average molecular weight is 457 g/mol. The van der Waals surface area contributed by atoms with Crippen LogP contribution in [0.5, 0.6) is 0 Å². The van der Waals surface area contributed by atoms with Gasteiger partial charge < -0.3 is 14.5 Å². The lowest BCUT2D eigenvalue weighted by atomic mass is 10.1. The van der Waals surface area contributed by atoms with Crippen molar-refractivity contribution in [2.45, 2.75) is 19.9 Å². The molecule has 0 radical (unpaired) electrons. The van der Waals surface area contributed by atoms with Crippen LogP contribution in [-0.2, 0) is 4.74 Å². The quantitative estimate of drug-likeness (QED) is 0.584. The van der Waals surface area contributed by atoms with Gasteiger partial charge in [-0.1, -0.05) is 48.0 Å². The smallest absolute Gasteiger partial charge is 0.416 e. The predicted molar refractivity (Wildman–Crippen MR) is 131 cm³/mol. The normalized spacial score (nSPS) is 18.2. The summed E-state index contributed by atoms with van der Waals surface area (Å²) in [5, 5.41) is 0. The highest BCUT2D eigenvalue weighted by molar-refractivity contribution is 5.95. The zero-order valence-electron chi connectivity index (χ0n) is 19.5. The number of carbonyl (C=O) groups excluding carboxylic acids is 2. The van der Waals surface area contributed by atoms with Crippen LogP contribution in [0.1, 0.15) is 33.1 Å². The van der Waals surface area contributed by atoms with Gasteiger partial charge in [0.25, 0.3) is 5.91 Å². The van der Waals surface area contributed by atoms with Crippen molar-refractivity contribution in [2.24, 2.45) is 0 Å². The zero-order chi connectivity index (χ0) is 23.7. The number of pyridine rings is 1. The Bertz CT molecular complexity index is 1190. The standard InChI is InChI=1S/C27H28N4O3/c1-19-8-10-23(20(2)16-19)29-12-14-30(15-13-29)26(32)22-9-11-25(28-17-22)31-24(18-34-27(31)33)21-6-4-3-5-7-21/h3-11,16-17,24H,12-15,18H2,1-2H3/t24-/m0/s1. The maximum absolute atomic E-state index is 13.1. The SMILES string of the molecule is Cc1ccc(N2CCN(C(=O)c3ccc(N4C(=O)OC[C@H]4c4ccccc4)nc3)CC2)c(C)c1. The van der Waals surface area contributed by atoms with Crippen LogP contribution < -0.4 is 9.80 Å². The number of aromatic nitrogens is 1. The highest BCUT2D eigenvalue weighted by atomic mass is 16.6. The Kier molecular flexibility index (Phi) is 5.92. The fourth-order valence-corrected chi connectivity index (χ4v) is 4.74. The molecular weight excluding hydrogens is 428 g/mol. The molecule has 3 heterocycles. The number of cyclic esters (lactones) is 1. The molecule has 2 aromatic carbocycles. The van der Waals surface area contributed by atoms with Gasteiger partial charge in [-0.2, -0.15) is 0 Å². The average Bonchev–Trinajstić information content (AvgIpc) is 3.26. The lowest BCUT2D eigenvalue weighted by molar-refractivity contribution is 0.0746. The van der Waals surface area contributed by atoms with Gasteiger partial charge in [-0.3, -0.25) is 9.69 Å². The second kappa shape index (κ2) is 9.17. The highest BCUT2D eigenvalue weighted by Crippen LogP contribution is 2.32. The number of carbonyl (C=O) groups is 2. The third kappa shape index (κ3) is 4.21. The molecule has 7 nitrogen and oxygen atoms in total. The van der Waals surface area contributed by atoms with Crippen molar-refractivity contribution in [1.29, 1.82) is 0 Å². The van der Waals surface area contributed by atoms with Gasteiger partial charge in [0.2, 0.25) is 0 Å². The van der Waals surface area contributed by atoms with E-state index in [1.165, 1.54) is 16.8 Å². The Morgan fingerprint density at radius 1 is 0.971 bits per heavy atom. The van der Waals surface area contributed by atoms with Gasteiger partial charge in [0.15, 0.2) is 0 Å². The molecule has 2 fully saturated rings. The first kappa shape index (κ1) is 21.9. The van der Waals surface area contributed by atoms with Crippen LogP contribution >= 0.6 is 0 Å². The third-order valence-electron chi connectivity index (χ3n) is 6.56. The van der Waals surface area contributed by atoms with Crippen LogP contribution in [0.3, 0.4) is 0 Å². The summed E-state index contributed by atoms with van der Waals surface area (Å²) in [6.45, 7) is 7.40. The van der Waals surface area contributed by atoms with Crippen molar-refractivity contribution >= 4 is 23.5 Å². The van der Waals surface area contributed by atoms with Gasteiger partial charge in [0, 0.05) is 38.1 Å². The monoisotopic (exact) mass is 456 g/mol. The van der Waals surface area contributed by atoms with E-state index in [9.17, 15) is 9.59 Å². The van der Waals surface area contributed by atoms with E-state index in [1.54, 1.807) is 23.2 Å². The van der Waals surface area contributed by atoms with E-state index in [4.69, 9.17) is 4.74 Å². The molecule has 2 aliphatic heterocycles. The molecule has 2 saturated heterocycles. The summed E-state index contributed by atoms with van der Waals surface area (Å²) in [5.74, 6) is 0.440. The summed E-state index contributed by atoms with van der Waals surface area (Å²) in [6.07, 6.45) is 1.13. The number of nitrogens with zero attached hydrogens (tertiary/aromatic N) is 4. The number of rotatable bonds is 4. The minimum absolute atomic E-state index is 0.0389. The molecule has 1 atom stereocenters. The van der Waals surface area contributed by atoms with E-state index in [-0.39, 0.29) is 18.6 Å². The van der Waals surface area contributed by atoms with Crippen LogP contribution in [0.4, 0.5) is 16.3 Å². The first-order chi connectivity index (χ1) is 16.5. The Balaban J connectivity index is 1.26. The van der Waals surface area contributed by atoms with Crippen LogP contribution in [-0.4, -0.2) is 54.7 Å². The number of aryl methyl sites for hydroxylation is 2. The molecule has 34 heavy (non-hydrogen) atoms. The van der Waals surface area contributed by atoms with Crippen molar-refractivity contribution in [3.05, 3.63) is 89.1 Å².